The van der Waals surface area contributed by atoms with E-state index in [1.165, 1.54) is 5.56 Å². The number of hydrogen-bond donors (Lipinski definition) is 1. The van der Waals surface area contributed by atoms with Crippen molar-refractivity contribution in [3.63, 3.8) is 0 Å². The molecular weight excluding hydrogens is 238 g/mol. The lowest BCUT2D eigenvalue weighted by Gasteiger charge is -2.21. The topological polar surface area (TPSA) is 42.2 Å². The highest BCUT2D eigenvalue weighted by Crippen LogP contribution is 2.30. The van der Waals surface area contributed by atoms with E-state index in [9.17, 15) is 0 Å². The summed E-state index contributed by atoms with van der Waals surface area (Å²) in [5, 5.41) is 7.43. The SMILES string of the molecule is CN(C)C(c1ccsc1)c1nc(CN)cs1. The van der Waals surface area contributed by atoms with Crippen molar-refractivity contribution in [3.05, 3.63) is 38.5 Å². The molecule has 0 aliphatic carbocycles. The fraction of sp³-hybridized carbons (Fsp3) is 0.364. The molecule has 86 valence electrons. The fourth-order valence-electron chi connectivity index (χ4n) is 1.63. The summed E-state index contributed by atoms with van der Waals surface area (Å²) in [7, 11) is 4.15. The molecule has 1 atom stereocenters. The Morgan fingerprint density at radius 1 is 1.44 bits per heavy atom. The van der Waals surface area contributed by atoms with Gasteiger partial charge in [-0.2, -0.15) is 11.3 Å². The van der Waals surface area contributed by atoms with Gasteiger partial charge in [0, 0.05) is 11.9 Å². The second kappa shape index (κ2) is 5.05. The maximum atomic E-state index is 5.59. The lowest BCUT2D eigenvalue weighted by molar-refractivity contribution is 0.342. The predicted octanol–water partition coefficient (Wildman–Crippen LogP) is 2.31. The highest BCUT2D eigenvalue weighted by atomic mass is 32.1. The van der Waals surface area contributed by atoms with Crippen LogP contribution in [-0.4, -0.2) is 24.0 Å². The Morgan fingerprint density at radius 3 is 2.75 bits per heavy atom. The zero-order valence-electron chi connectivity index (χ0n) is 9.38. The number of thiazole rings is 1. The Kier molecular flexibility index (Phi) is 3.70. The molecule has 0 saturated carbocycles. The largest absolute Gasteiger partial charge is 0.325 e. The summed E-state index contributed by atoms with van der Waals surface area (Å²) < 4.78 is 0. The van der Waals surface area contributed by atoms with Crippen molar-refractivity contribution in [2.75, 3.05) is 14.1 Å². The fourth-order valence-corrected chi connectivity index (χ4v) is 3.36. The van der Waals surface area contributed by atoms with E-state index in [0.717, 1.165) is 10.7 Å². The van der Waals surface area contributed by atoms with Crippen LogP contribution in [0, 0.1) is 0 Å². The van der Waals surface area contributed by atoms with Gasteiger partial charge in [-0.1, -0.05) is 0 Å². The normalized spacial score (nSPS) is 13.2. The number of rotatable bonds is 4. The number of aromatic nitrogens is 1. The number of thiophene rings is 1. The maximum Gasteiger partial charge on any atom is 0.115 e. The van der Waals surface area contributed by atoms with Gasteiger partial charge in [0.05, 0.1) is 11.7 Å². The maximum absolute atomic E-state index is 5.59. The van der Waals surface area contributed by atoms with Crippen LogP contribution in [0.2, 0.25) is 0 Å². The van der Waals surface area contributed by atoms with Gasteiger partial charge in [-0.3, -0.25) is 4.90 Å². The molecule has 1 unspecified atom stereocenters. The molecule has 0 fully saturated rings. The molecular formula is C11H15N3S2. The standard InChI is InChI=1S/C11H15N3S2/c1-14(2)10(8-3-4-15-6-8)11-13-9(5-12)7-16-11/h3-4,6-7,10H,5,12H2,1-2H3. The van der Waals surface area contributed by atoms with Gasteiger partial charge >= 0.3 is 0 Å². The first-order valence-corrected chi connectivity index (χ1v) is 6.87. The highest BCUT2D eigenvalue weighted by Gasteiger charge is 2.20. The Balaban J connectivity index is 2.33. The van der Waals surface area contributed by atoms with Gasteiger partial charge < -0.3 is 5.73 Å². The third-order valence-corrected chi connectivity index (χ3v) is 4.04. The van der Waals surface area contributed by atoms with E-state index in [2.05, 4.69) is 40.8 Å². The molecule has 16 heavy (non-hydrogen) atoms. The average Bonchev–Trinajstić information content (AvgIpc) is 2.88. The van der Waals surface area contributed by atoms with E-state index in [0.29, 0.717) is 6.54 Å². The van der Waals surface area contributed by atoms with Gasteiger partial charge in [0.2, 0.25) is 0 Å². The number of hydrogen-bond acceptors (Lipinski definition) is 5. The molecule has 2 rings (SSSR count). The van der Waals surface area contributed by atoms with E-state index in [4.69, 9.17) is 5.73 Å². The van der Waals surface area contributed by atoms with E-state index in [-0.39, 0.29) is 6.04 Å². The second-order valence-corrected chi connectivity index (χ2v) is 5.47. The molecule has 2 aromatic heterocycles. The lowest BCUT2D eigenvalue weighted by Crippen LogP contribution is -2.20. The van der Waals surface area contributed by atoms with Crippen LogP contribution in [0.25, 0.3) is 0 Å². The van der Waals surface area contributed by atoms with Crippen LogP contribution in [0.15, 0.2) is 22.2 Å². The van der Waals surface area contributed by atoms with Crippen molar-refractivity contribution < 1.29 is 0 Å². The minimum atomic E-state index is 0.247. The summed E-state index contributed by atoms with van der Waals surface area (Å²) in [5.74, 6) is 0. The third-order valence-electron chi connectivity index (χ3n) is 2.39. The number of nitrogens with zero attached hydrogens (tertiary/aromatic N) is 2. The van der Waals surface area contributed by atoms with E-state index < -0.39 is 0 Å². The number of nitrogens with two attached hydrogens (primary N) is 1. The van der Waals surface area contributed by atoms with Crippen molar-refractivity contribution in [1.29, 1.82) is 0 Å². The molecule has 0 saturated heterocycles. The van der Waals surface area contributed by atoms with Crippen molar-refractivity contribution >= 4 is 22.7 Å². The molecule has 0 amide bonds. The van der Waals surface area contributed by atoms with Gasteiger partial charge in [0.15, 0.2) is 0 Å². The molecule has 0 aromatic carbocycles. The summed E-state index contributed by atoms with van der Waals surface area (Å²) in [6, 6.07) is 2.40. The summed E-state index contributed by atoms with van der Waals surface area (Å²) in [4.78, 5) is 6.74. The first-order valence-electron chi connectivity index (χ1n) is 5.05. The van der Waals surface area contributed by atoms with E-state index in [1.54, 1.807) is 22.7 Å². The summed E-state index contributed by atoms with van der Waals surface area (Å²) in [6.45, 7) is 0.514. The first kappa shape index (κ1) is 11.7. The molecule has 0 aliphatic heterocycles. The smallest absolute Gasteiger partial charge is 0.115 e. The first-order chi connectivity index (χ1) is 7.72. The molecule has 2 N–H and O–H groups in total. The Hall–Kier alpha value is -0.750. The molecule has 0 spiro atoms. The van der Waals surface area contributed by atoms with Crippen LogP contribution in [0.5, 0.6) is 0 Å². The molecule has 0 aliphatic rings. The van der Waals surface area contributed by atoms with Crippen LogP contribution in [-0.2, 0) is 6.54 Å². The quantitative estimate of drug-likeness (QED) is 0.909. The van der Waals surface area contributed by atoms with Crippen LogP contribution in [0.4, 0.5) is 0 Å². The van der Waals surface area contributed by atoms with Gasteiger partial charge in [-0.15, -0.1) is 11.3 Å². The zero-order chi connectivity index (χ0) is 11.5. The summed E-state index contributed by atoms with van der Waals surface area (Å²) >= 11 is 3.40. The average molecular weight is 253 g/mol. The van der Waals surface area contributed by atoms with Crippen LogP contribution in [0.3, 0.4) is 0 Å². The van der Waals surface area contributed by atoms with Crippen LogP contribution in [0.1, 0.15) is 22.3 Å². The Bertz CT molecular complexity index is 434. The van der Waals surface area contributed by atoms with Crippen molar-refractivity contribution in [3.8, 4) is 0 Å². The summed E-state index contributed by atoms with van der Waals surface area (Å²) in [5.41, 5.74) is 7.86. The molecule has 0 radical (unpaired) electrons. The molecule has 3 nitrogen and oxygen atoms in total. The monoisotopic (exact) mass is 253 g/mol. The van der Waals surface area contributed by atoms with Gasteiger partial charge in [-0.05, 0) is 36.5 Å². The third kappa shape index (κ3) is 2.32. The molecule has 0 bridgehead atoms. The Labute approximate surface area is 104 Å². The van der Waals surface area contributed by atoms with E-state index in [1.807, 2.05) is 5.38 Å². The van der Waals surface area contributed by atoms with Crippen molar-refractivity contribution in [2.45, 2.75) is 12.6 Å². The molecule has 2 heterocycles. The minimum absolute atomic E-state index is 0.247. The van der Waals surface area contributed by atoms with E-state index >= 15 is 0 Å². The second-order valence-electron chi connectivity index (χ2n) is 3.80. The lowest BCUT2D eigenvalue weighted by atomic mass is 10.1. The van der Waals surface area contributed by atoms with Gasteiger partial charge in [0.1, 0.15) is 5.01 Å². The Morgan fingerprint density at radius 2 is 2.25 bits per heavy atom. The molecule has 2 aromatic rings. The van der Waals surface area contributed by atoms with Gasteiger partial charge in [-0.25, -0.2) is 4.98 Å². The predicted molar refractivity (Wildman–Crippen MR) is 69.9 cm³/mol. The van der Waals surface area contributed by atoms with Crippen molar-refractivity contribution in [1.82, 2.24) is 9.88 Å². The molecule has 5 heteroatoms. The summed E-state index contributed by atoms with van der Waals surface area (Å²) in [6.07, 6.45) is 0. The van der Waals surface area contributed by atoms with Crippen molar-refractivity contribution in [2.24, 2.45) is 5.73 Å². The minimum Gasteiger partial charge on any atom is -0.325 e. The highest BCUT2D eigenvalue weighted by molar-refractivity contribution is 7.10. The van der Waals surface area contributed by atoms with Crippen LogP contribution >= 0.6 is 22.7 Å². The van der Waals surface area contributed by atoms with Crippen LogP contribution < -0.4 is 5.73 Å². The zero-order valence-corrected chi connectivity index (χ0v) is 11.0. The van der Waals surface area contributed by atoms with Gasteiger partial charge in [0.25, 0.3) is 0 Å².